The number of aromatic hydroxyl groups is 1. The summed E-state index contributed by atoms with van der Waals surface area (Å²) >= 11 is 0. The van der Waals surface area contributed by atoms with Gasteiger partial charge >= 0.3 is 0 Å². The van der Waals surface area contributed by atoms with Gasteiger partial charge in [0.05, 0.1) is 19.3 Å². The van der Waals surface area contributed by atoms with Crippen LogP contribution in [-0.4, -0.2) is 81.5 Å². The maximum Gasteiger partial charge on any atom is 0.229 e. The van der Waals surface area contributed by atoms with Crippen molar-refractivity contribution < 1.29 is 49.3 Å². The molecule has 31 heavy (non-hydrogen) atoms. The van der Waals surface area contributed by atoms with Crippen molar-refractivity contribution in [2.45, 2.75) is 30.7 Å². The minimum Gasteiger partial charge on any atom is -0.502 e. The normalized spacial score (nSPS) is 27.5. The molecule has 1 aliphatic carbocycles. The second-order valence-corrected chi connectivity index (χ2v) is 7.20. The van der Waals surface area contributed by atoms with Crippen LogP contribution in [0.3, 0.4) is 0 Å². The average Bonchev–Trinajstić information content (AvgIpc) is 2.78. The lowest BCUT2D eigenvalue weighted by atomic mass is 9.83. The number of fused-ring (bicyclic) bond motifs is 2. The van der Waals surface area contributed by atoms with Crippen LogP contribution in [0.2, 0.25) is 0 Å². The van der Waals surface area contributed by atoms with Crippen LogP contribution in [0.15, 0.2) is 30.3 Å². The van der Waals surface area contributed by atoms with Crippen molar-refractivity contribution in [1.82, 2.24) is 0 Å². The van der Waals surface area contributed by atoms with E-state index in [1.165, 1.54) is 19.2 Å². The summed E-state index contributed by atoms with van der Waals surface area (Å²) in [5.74, 6) is -2.30. The van der Waals surface area contributed by atoms with Gasteiger partial charge in [-0.2, -0.15) is 0 Å². The van der Waals surface area contributed by atoms with Crippen molar-refractivity contribution in [3.8, 4) is 17.2 Å². The van der Waals surface area contributed by atoms with Gasteiger partial charge in [-0.25, -0.2) is 0 Å². The molecule has 0 bridgehead atoms. The predicted octanol–water partition coefficient (Wildman–Crippen LogP) is -0.645. The smallest absolute Gasteiger partial charge is 0.229 e. The fourth-order valence-electron chi connectivity index (χ4n) is 3.77. The maximum absolute atomic E-state index is 13.0. The molecule has 4 rings (SSSR count). The van der Waals surface area contributed by atoms with Gasteiger partial charge in [-0.1, -0.05) is 24.3 Å². The van der Waals surface area contributed by atoms with E-state index in [1.54, 1.807) is 12.1 Å². The first-order valence-electron chi connectivity index (χ1n) is 9.39. The molecule has 1 saturated heterocycles. The Morgan fingerprint density at radius 3 is 2.23 bits per heavy atom. The summed E-state index contributed by atoms with van der Waals surface area (Å²) in [5, 5.41) is 50.0. The zero-order valence-corrected chi connectivity index (χ0v) is 16.3. The first-order valence-corrected chi connectivity index (χ1v) is 9.39. The lowest BCUT2D eigenvalue weighted by Crippen LogP contribution is -2.60. The van der Waals surface area contributed by atoms with Gasteiger partial charge in [0.25, 0.3) is 0 Å². The number of benzene rings is 2. The van der Waals surface area contributed by atoms with Crippen molar-refractivity contribution in [3.63, 3.8) is 0 Å². The van der Waals surface area contributed by atoms with Crippen molar-refractivity contribution in [2.24, 2.45) is 0 Å². The second-order valence-electron chi connectivity index (χ2n) is 7.20. The number of hydrogen-bond donors (Lipinski definition) is 5. The number of carbonyl (C=O) groups excluding carboxylic acids is 2. The molecule has 1 fully saturated rings. The summed E-state index contributed by atoms with van der Waals surface area (Å²) in [6, 6.07) is 7.32. The third kappa shape index (κ3) is 3.25. The van der Waals surface area contributed by atoms with Crippen LogP contribution in [0.4, 0.5) is 0 Å². The lowest BCUT2D eigenvalue weighted by molar-refractivity contribution is -0.277. The fraction of sp³-hybridized carbons (Fsp3) is 0.333. The minimum absolute atomic E-state index is 0.0852. The second kappa shape index (κ2) is 7.91. The lowest BCUT2D eigenvalue weighted by Gasteiger charge is -2.39. The summed E-state index contributed by atoms with van der Waals surface area (Å²) in [4.78, 5) is 26.0. The van der Waals surface area contributed by atoms with Crippen LogP contribution in [0.1, 0.15) is 31.8 Å². The molecular weight excluding hydrogens is 412 g/mol. The molecule has 10 heteroatoms. The van der Waals surface area contributed by atoms with Gasteiger partial charge in [0.15, 0.2) is 23.1 Å². The number of rotatable bonds is 4. The Kier molecular flexibility index (Phi) is 5.42. The predicted molar refractivity (Wildman–Crippen MR) is 102 cm³/mol. The van der Waals surface area contributed by atoms with Gasteiger partial charge in [-0.15, -0.1) is 0 Å². The Balaban J connectivity index is 1.77. The molecule has 0 aromatic heterocycles. The van der Waals surface area contributed by atoms with E-state index in [1.807, 2.05) is 0 Å². The van der Waals surface area contributed by atoms with E-state index in [9.17, 15) is 35.1 Å². The molecule has 0 spiro atoms. The SMILES string of the molecule is COc1c(O)c(OC2OC(CO)C(O)C(O)C2O)cc2c1C(=O)c1ccccc1C2=O. The van der Waals surface area contributed by atoms with E-state index in [0.29, 0.717) is 0 Å². The number of carbonyl (C=O) groups is 2. The van der Waals surface area contributed by atoms with E-state index in [2.05, 4.69) is 0 Å². The van der Waals surface area contributed by atoms with E-state index in [4.69, 9.17) is 14.2 Å². The van der Waals surface area contributed by atoms with E-state index in [-0.39, 0.29) is 33.8 Å². The highest BCUT2D eigenvalue weighted by Gasteiger charge is 2.45. The Morgan fingerprint density at radius 1 is 0.968 bits per heavy atom. The minimum atomic E-state index is -1.74. The van der Waals surface area contributed by atoms with Gasteiger partial charge in [-0.3, -0.25) is 9.59 Å². The maximum atomic E-state index is 13.0. The van der Waals surface area contributed by atoms with Crippen molar-refractivity contribution in [1.29, 1.82) is 0 Å². The van der Waals surface area contributed by atoms with Crippen LogP contribution in [0.25, 0.3) is 0 Å². The molecule has 1 aliphatic heterocycles. The van der Waals surface area contributed by atoms with Gasteiger partial charge in [0.1, 0.15) is 24.4 Å². The molecule has 0 saturated carbocycles. The molecule has 5 atom stereocenters. The number of phenolic OH excluding ortho intramolecular Hbond substituents is 1. The van der Waals surface area contributed by atoms with Crippen molar-refractivity contribution in [2.75, 3.05) is 13.7 Å². The summed E-state index contributed by atoms with van der Waals surface area (Å²) in [7, 11) is 1.20. The van der Waals surface area contributed by atoms with E-state index >= 15 is 0 Å². The van der Waals surface area contributed by atoms with Gasteiger partial charge < -0.3 is 39.7 Å². The highest BCUT2D eigenvalue weighted by molar-refractivity contribution is 6.29. The van der Waals surface area contributed by atoms with Crippen molar-refractivity contribution in [3.05, 3.63) is 52.6 Å². The summed E-state index contributed by atoms with van der Waals surface area (Å²) in [5.41, 5.74) is 0.120. The molecule has 5 N–H and O–H groups in total. The van der Waals surface area contributed by atoms with Crippen LogP contribution in [0.5, 0.6) is 17.2 Å². The first kappa shape index (κ1) is 21.2. The Labute approximate surface area is 175 Å². The first-order chi connectivity index (χ1) is 14.8. The highest BCUT2D eigenvalue weighted by atomic mass is 16.7. The van der Waals surface area contributed by atoms with Gasteiger partial charge in [0, 0.05) is 16.7 Å². The molecule has 0 amide bonds. The van der Waals surface area contributed by atoms with Gasteiger partial charge in [-0.05, 0) is 6.07 Å². The number of aliphatic hydroxyl groups is 4. The molecule has 10 nitrogen and oxygen atoms in total. The number of phenols is 1. The Bertz CT molecular complexity index is 1050. The highest BCUT2D eigenvalue weighted by Crippen LogP contribution is 2.45. The zero-order chi connectivity index (χ0) is 22.4. The number of aliphatic hydroxyl groups excluding tert-OH is 4. The molecular formula is C21H20O10. The molecule has 1 heterocycles. The number of ketones is 2. The van der Waals surface area contributed by atoms with Crippen LogP contribution < -0.4 is 9.47 Å². The molecule has 2 aliphatic rings. The number of hydrogen-bond acceptors (Lipinski definition) is 10. The zero-order valence-electron chi connectivity index (χ0n) is 16.3. The number of methoxy groups -OCH3 is 1. The van der Waals surface area contributed by atoms with Crippen molar-refractivity contribution >= 4 is 11.6 Å². The summed E-state index contributed by atoms with van der Waals surface area (Å²) < 4.78 is 15.9. The molecule has 2 aromatic rings. The molecule has 164 valence electrons. The monoisotopic (exact) mass is 432 g/mol. The average molecular weight is 432 g/mol. The van der Waals surface area contributed by atoms with E-state index in [0.717, 1.165) is 6.07 Å². The van der Waals surface area contributed by atoms with E-state index < -0.39 is 54.6 Å². The molecule has 0 radical (unpaired) electrons. The van der Waals surface area contributed by atoms with Crippen LogP contribution >= 0.6 is 0 Å². The largest absolute Gasteiger partial charge is 0.502 e. The fourth-order valence-corrected chi connectivity index (χ4v) is 3.77. The van der Waals surface area contributed by atoms with Crippen LogP contribution in [-0.2, 0) is 4.74 Å². The van der Waals surface area contributed by atoms with Gasteiger partial charge in [0.2, 0.25) is 12.0 Å². The molecule has 2 aromatic carbocycles. The number of ether oxygens (including phenoxy) is 3. The third-order valence-corrected chi connectivity index (χ3v) is 5.40. The quantitative estimate of drug-likeness (QED) is 0.358. The Hall–Kier alpha value is -3.02. The summed E-state index contributed by atoms with van der Waals surface area (Å²) in [6.07, 6.45) is -7.88. The summed E-state index contributed by atoms with van der Waals surface area (Å²) in [6.45, 7) is -0.673. The topological polar surface area (TPSA) is 163 Å². The Morgan fingerprint density at radius 2 is 1.61 bits per heavy atom. The molecule has 5 unspecified atom stereocenters. The van der Waals surface area contributed by atoms with Crippen LogP contribution in [0, 0.1) is 0 Å². The third-order valence-electron chi connectivity index (χ3n) is 5.40. The standard InChI is InChI=1S/C21H20O10/c1-29-20-13-10(14(23)8-4-2-3-5-9(8)15(13)24)6-11(17(20)26)30-21-19(28)18(27)16(25)12(7-22)31-21/h2-6,12,16,18-19,21-22,25-28H,7H2,1H3.